The van der Waals surface area contributed by atoms with E-state index in [2.05, 4.69) is 39.8 Å². The number of hydrogen-bond acceptors (Lipinski definition) is 7. The summed E-state index contributed by atoms with van der Waals surface area (Å²) in [7, 11) is 4.06. The SMILES string of the molecule is CN(C)c1nc(N[C@H]2CC[C@@H](CNCc3ccc4c(c3)OCO4)CC2)nc2ccccc12. The topological polar surface area (TPSA) is 71.5 Å². The van der Waals surface area contributed by atoms with Crippen molar-refractivity contribution in [3.8, 4) is 11.5 Å². The predicted molar refractivity (Wildman–Crippen MR) is 128 cm³/mol. The molecule has 3 aromatic rings. The fourth-order valence-electron chi connectivity index (χ4n) is 4.63. The first-order valence-corrected chi connectivity index (χ1v) is 11.5. The van der Waals surface area contributed by atoms with Gasteiger partial charge in [0.25, 0.3) is 0 Å². The molecule has 1 aromatic heterocycles. The smallest absolute Gasteiger partial charge is 0.231 e. The summed E-state index contributed by atoms with van der Waals surface area (Å²) in [5, 5.41) is 8.30. The number of nitrogens with zero attached hydrogens (tertiary/aromatic N) is 3. The molecule has 2 aliphatic rings. The van der Waals surface area contributed by atoms with Crippen LogP contribution < -0.4 is 25.0 Å². The molecule has 0 amide bonds. The number of anilines is 2. The molecule has 168 valence electrons. The fourth-order valence-corrected chi connectivity index (χ4v) is 4.63. The van der Waals surface area contributed by atoms with Gasteiger partial charge in [-0.05, 0) is 68.0 Å². The summed E-state index contributed by atoms with van der Waals surface area (Å²) in [6, 6.07) is 14.8. The van der Waals surface area contributed by atoms with Crippen molar-refractivity contribution in [2.24, 2.45) is 5.92 Å². The van der Waals surface area contributed by atoms with Crippen molar-refractivity contribution < 1.29 is 9.47 Å². The third-order valence-corrected chi connectivity index (χ3v) is 6.39. The van der Waals surface area contributed by atoms with Gasteiger partial charge in [-0.2, -0.15) is 4.98 Å². The molecule has 1 aliphatic carbocycles. The molecule has 0 spiro atoms. The van der Waals surface area contributed by atoms with E-state index in [1.165, 1.54) is 18.4 Å². The maximum absolute atomic E-state index is 5.47. The van der Waals surface area contributed by atoms with Gasteiger partial charge in [0.2, 0.25) is 12.7 Å². The van der Waals surface area contributed by atoms with Crippen LogP contribution in [0.5, 0.6) is 11.5 Å². The van der Waals surface area contributed by atoms with Crippen LogP contribution >= 0.6 is 0 Å². The lowest BCUT2D eigenvalue weighted by Gasteiger charge is -2.29. The molecule has 2 N–H and O–H groups in total. The molecule has 32 heavy (non-hydrogen) atoms. The van der Waals surface area contributed by atoms with E-state index in [0.29, 0.717) is 18.8 Å². The Morgan fingerprint density at radius 2 is 1.78 bits per heavy atom. The van der Waals surface area contributed by atoms with Crippen LogP contribution in [0.4, 0.5) is 11.8 Å². The normalized spacial score (nSPS) is 19.8. The molecule has 7 nitrogen and oxygen atoms in total. The molecule has 7 heteroatoms. The van der Waals surface area contributed by atoms with Gasteiger partial charge >= 0.3 is 0 Å². The zero-order valence-electron chi connectivity index (χ0n) is 18.8. The summed E-state index contributed by atoms with van der Waals surface area (Å²) in [6.07, 6.45) is 4.70. The van der Waals surface area contributed by atoms with Crippen molar-refractivity contribution in [1.29, 1.82) is 0 Å². The number of hydrogen-bond donors (Lipinski definition) is 2. The Morgan fingerprint density at radius 3 is 2.62 bits per heavy atom. The first kappa shape index (κ1) is 20.8. The van der Waals surface area contributed by atoms with E-state index >= 15 is 0 Å². The zero-order chi connectivity index (χ0) is 21.9. The molecule has 5 rings (SSSR count). The van der Waals surface area contributed by atoms with Crippen LogP contribution in [0.25, 0.3) is 10.9 Å². The van der Waals surface area contributed by atoms with Crippen LogP contribution in [0.2, 0.25) is 0 Å². The van der Waals surface area contributed by atoms with E-state index in [-0.39, 0.29) is 0 Å². The summed E-state index contributed by atoms with van der Waals surface area (Å²) in [4.78, 5) is 11.6. The second-order valence-corrected chi connectivity index (χ2v) is 8.96. The molecule has 0 unspecified atom stereocenters. The average Bonchev–Trinajstić information content (AvgIpc) is 3.27. The van der Waals surface area contributed by atoms with Crippen molar-refractivity contribution in [3.63, 3.8) is 0 Å². The lowest BCUT2D eigenvalue weighted by Crippen LogP contribution is -2.31. The predicted octanol–water partition coefficient (Wildman–Crippen LogP) is 4.19. The highest BCUT2D eigenvalue weighted by molar-refractivity contribution is 5.90. The minimum Gasteiger partial charge on any atom is -0.454 e. The third-order valence-electron chi connectivity index (χ3n) is 6.39. The van der Waals surface area contributed by atoms with Crippen LogP contribution in [-0.4, -0.2) is 43.4 Å². The standard InChI is InChI=1S/C25H31N5O2/c1-30(2)24-20-5-3-4-6-21(20)28-25(29-24)27-19-10-7-17(8-11-19)14-26-15-18-9-12-22-23(13-18)32-16-31-22/h3-6,9,12-13,17,19,26H,7-8,10-11,14-16H2,1-2H3,(H,27,28,29)/t17-,19+. The van der Waals surface area contributed by atoms with E-state index in [9.17, 15) is 0 Å². The lowest BCUT2D eigenvalue weighted by molar-refractivity contribution is 0.174. The Morgan fingerprint density at radius 1 is 0.969 bits per heavy atom. The number of aromatic nitrogens is 2. The van der Waals surface area contributed by atoms with Crippen LogP contribution in [0.3, 0.4) is 0 Å². The second-order valence-electron chi connectivity index (χ2n) is 8.96. The van der Waals surface area contributed by atoms with E-state index in [1.54, 1.807) is 0 Å². The average molecular weight is 434 g/mol. The monoisotopic (exact) mass is 433 g/mol. The molecule has 1 aliphatic heterocycles. The van der Waals surface area contributed by atoms with Crippen molar-refractivity contribution in [2.75, 3.05) is 37.6 Å². The van der Waals surface area contributed by atoms with Crippen molar-refractivity contribution in [3.05, 3.63) is 48.0 Å². The Labute approximate surface area is 189 Å². The highest BCUT2D eigenvalue weighted by atomic mass is 16.7. The quantitative estimate of drug-likeness (QED) is 0.579. The van der Waals surface area contributed by atoms with Crippen LogP contribution in [0.15, 0.2) is 42.5 Å². The zero-order valence-corrected chi connectivity index (χ0v) is 18.8. The summed E-state index contributed by atoms with van der Waals surface area (Å²) < 4.78 is 10.9. The van der Waals surface area contributed by atoms with Crippen molar-refractivity contribution >= 4 is 22.7 Å². The Bertz CT molecular complexity index is 1080. The number of ether oxygens (including phenoxy) is 2. The summed E-state index contributed by atoms with van der Waals surface area (Å²) in [5.74, 6) is 4.09. The molecule has 0 saturated heterocycles. The van der Waals surface area contributed by atoms with Gasteiger partial charge in [-0.3, -0.25) is 0 Å². The maximum Gasteiger partial charge on any atom is 0.231 e. The van der Waals surface area contributed by atoms with Gasteiger partial charge in [0.15, 0.2) is 11.5 Å². The minimum atomic E-state index is 0.324. The van der Waals surface area contributed by atoms with Crippen molar-refractivity contribution in [2.45, 2.75) is 38.3 Å². The fraction of sp³-hybridized carbons (Fsp3) is 0.440. The lowest BCUT2D eigenvalue weighted by atomic mass is 9.86. The van der Waals surface area contributed by atoms with Gasteiger partial charge in [0.1, 0.15) is 5.82 Å². The molecule has 2 heterocycles. The molecule has 0 bridgehead atoms. The van der Waals surface area contributed by atoms with Gasteiger partial charge in [-0.25, -0.2) is 4.98 Å². The van der Waals surface area contributed by atoms with Gasteiger partial charge < -0.3 is 25.0 Å². The van der Waals surface area contributed by atoms with E-state index in [0.717, 1.165) is 60.1 Å². The van der Waals surface area contributed by atoms with Crippen LogP contribution in [0, 0.1) is 5.92 Å². The Balaban J connectivity index is 1.12. The first-order chi connectivity index (χ1) is 15.7. The van der Waals surface area contributed by atoms with Crippen LogP contribution in [0.1, 0.15) is 31.2 Å². The molecule has 2 aromatic carbocycles. The number of rotatable bonds is 7. The largest absolute Gasteiger partial charge is 0.454 e. The molecule has 0 atom stereocenters. The maximum atomic E-state index is 5.47. The van der Waals surface area contributed by atoms with E-state index < -0.39 is 0 Å². The number of nitrogens with one attached hydrogen (secondary N) is 2. The van der Waals surface area contributed by atoms with Crippen LogP contribution in [-0.2, 0) is 6.54 Å². The molecule has 1 saturated carbocycles. The third kappa shape index (κ3) is 4.58. The highest BCUT2D eigenvalue weighted by Crippen LogP contribution is 2.32. The number of para-hydroxylation sites is 1. The number of fused-ring (bicyclic) bond motifs is 2. The second kappa shape index (κ2) is 9.20. The van der Waals surface area contributed by atoms with Gasteiger partial charge in [-0.1, -0.05) is 18.2 Å². The minimum absolute atomic E-state index is 0.324. The van der Waals surface area contributed by atoms with Gasteiger partial charge in [-0.15, -0.1) is 0 Å². The van der Waals surface area contributed by atoms with E-state index in [1.807, 2.05) is 32.3 Å². The van der Waals surface area contributed by atoms with Gasteiger partial charge in [0, 0.05) is 32.1 Å². The first-order valence-electron chi connectivity index (χ1n) is 11.5. The summed E-state index contributed by atoms with van der Waals surface area (Å²) in [5.41, 5.74) is 2.21. The highest BCUT2D eigenvalue weighted by Gasteiger charge is 2.22. The molecular weight excluding hydrogens is 402 g/mol. The summed E-state index contributed by atoms with van der Waals surface area (Å²) in [6.45, 7) is 2.22. The number of benzene rings is 2. The van der Waals surface area contributed by atoms with E-state index in [4.69, 9.17) is 19.4 Å². The summed E-state index contributed by atoms with van der Waals surface area (Å²) >= 11 is 0. The van der Waals surface area contributed by atoms with Crippen molar-refractivity contribution in [1.82, 2.24) is 15.3 Å². The molecule has 0 radical (unpaired) electrons. The Kier molecular flexibility index (Phi) is 5.99. The molecular formula is C25H31N5O2. The Hall–Kier alpha value is -3.06. The molecule has 1 fully saturated rings. The van der Waals surface area contributed by atoms with Gasteiger partial charge in [0.05, 0.1) is 5.52 Å².